The first-order chi connectivity index (χ1) is 8.05. The van der Waals surface area contributed by atoms with Crippen LogP contribution in [0.4, 0.5) is 0 Å². The van der Waals surface area contributed by atoms with Crippen LogP contribution in [0.15, 0.2) is 23.2 Å². The van der Waals surface area contributed by atoms with Crippen molar-refractivity contribution >= 4 is 9.84 Å². The maximum Gasteiger partial charge on any atom is 0.232 e. The number of rotatable bonds is 7. The van der Waals surface area contributed by atoms with Gasteiger partial charge in [0, 0.05) is 19.0 Å². The summed E-state index contributed by atoms with van der Waals surface area (Å²) < 4.78 is 28.3. The van der Waals surface area contributed by atoms with Crippen molar-refractivity contribution in [2.24, 2.45) is 0 Å². The second kappa shape index (κ2) is 6.56. The van der Waals surface area contributed by atoms with Crippen LogP contribution in [0.3, 0.4) is 0 Å². The Morgan fingerprint density at radius 3 is 2.82 bits per heavy atom. The fraction of sp³-hybridized carbons (Fsp3) is 0.545. The third kappa shape index (κ3) is 4.70. The van der Waals surface area contributed by atoms with Crippen molar-refractivity contribution < 1.29 is 13.2 Å². The van der Waals surface area contributed by atoms with Gasteiger partial charge in [-0.25, -0.2) is 13.4 Å². The summed E-state index contributed by atoms with van der Waals surface area (Å²) in [5.41, 5.74) is 0. The molecule has 0 spiro atoms. The largest absolute Gasteiger partial charge is 0.475 e. The smallest absolute Gasteiger partial charge is 0.232 e. The third-order valence-corrected chi connectivity index (χ3v) is 3.19. The molecule has 0 aliphatic carbocycles. The highest BCUT2D eigenvalue weighted by Crippen LogP contribution is 2.19. The van der Waals surface area contributed by atoms with Gasteiger partial charge < -0.3 is 10.1 Å². The molecule has 96 valence electrons. The lowest BCUT2D eigenvalue weighted by Crippen LogP contribution is -2.22. The fourth-order valence-corrected chi connectivity index (χ4v) is 2.04. The van der Waals surface area contributed by atoms with Crippen LogP contribution in [0.1, 0.15) is 13.3 Å². The van der Waals surface area contributed by atoms with Gasteiger partial charge in [-0.3, -0.25) is 0 Å². The third-order valence-electron chi connectivity index (χ3n) is 2.08. The van der Waals surface area contributed by atoms with Gasteiger partial charge in [0.1, 0.15) is 11.5 Å². The molecular weight excluding hydrogens is 240 g/mol. The number of pyridine rings is 1. The Balaban J connectivity index is 2.59. The van der Waals surface area contributed by atoms with Gasteiger partial charge in [0.15, 0.2) is 9.84 Å². The highest BCUT2D eigenvalue weighted by molar-refractivity contribution is 7.90. The first-order valence-electron chi connectivity index (χ1n) is 5.54. The van der Waals surface area contributed by atoms with Gasteiger partial charge in [-0.1, -0.05) is 6.92 Å². The van der Waals surface area contributed by atoms with Gasteiger partial charge in [0.2, 0.25) is 5.88 Å². The molecule has 1 heterocycles. The minimum absolute atomic E-state index is 0.135. The molecule has 1 rings (SSSR count). The Hall–Kier alpha value is -1.14. The van der Waals surface area contributed by atoms with Crippen molar-refractivity contribution in [2.45, 2.75) is 18.2 Å². The van der Waals surface area contributed by atoms with E-state index in [1.807, 2.05) is 0 Å². The number of nitrogens with one attached hydrogen (secondary N) is 1. The molecule has 0 unspecified atom stereocenters. The van der Waals surface area contributed by atoms with Crippen molar-refractivity contribution in [3.8, 4) is 5.88 Å². The maximum absolute atomic E-state index is 11.5. The predicted molar refractivity (Wildman–Crippen MR) is 66.0 cm³/mol. The van der Waals surface area contributed by atoms with Gasteiger partial charge >= 0.3 is 0 Å². The van der Waals surface area contributed by atoms with Crippen molar-refractivity contribution in [2.75, 3.05) is 26.0 Å². The Kier molecular flexibility index (Phi) is 5.37. The maximum atomic E-state index is 11.5. The van der Waals surface area contributed by atoms with Gasteiger partial charge in [0.25, 0.3) is 0 Å². The van der Waals surface area contributed by atoms with Gasteiger partial charge in [-0.05, 0) is 25.1 Å². The molecule has 0 fully saturated rings. The molecule has 0 amide bonds. The summed E-state index contributed by atoms with van der Waals surface area (Å²) in [6, 6.07) is 3.08. The first-order valence-corrected chi connectivity index (χ1v) is 7.43. The molecule has 0 aliphatic heterocycles. The molecule has 1 aromatic heterocycles. The fourth-order valence-electron chi connectivity index (χ4n) is 1.29. The second-order valence-corrected chi connectivity index (χ2v) is 5.66. The van der Waals surface area contributed by atoms with Crippen LogP contribution < -0.4 is 10.1 Å². The number of ether oxygens (including phenoxy) is 1. The molecule has 6 heteroatoms. The van der Waals surface area contributed by atoms with E-state index in [9.17, 15) is 8.42 Å². The summed E-state index contributed by atoms with van der Waals surface area (Å²) >= 11 is 0. The van der Waals surface area contributed by atoms with E-state index in [1.54, 1.807) is 6.07 Å². The Morgan fingerprint density at radius 1 is 1.41 bits per heavy atom. The molecule has 0 radical (unpaired) electrons. The van der Waals surface area contributed by atoms with Gasteiger partial charge in [0.05, 0.1) is 0 Å². The molecule has 0 atom stereocenters. The Morgan fingerprint density at radius 2 is 2.18 bits per heavy atom. The van der Waals surface area contributed by atoms with Crippen molar-refractivity contribution in [1.82, 2.24) is 10.3 Å². The number of aromatic nitrogens is 1. The summed E-state index contributed by atoms with van der Waals surface area (Å²) in [7, 11) is -3.29. The molecule has 0 saturated heterocycles. The van der Waals surface area contributed by atoms with E-state index in [1.165, 1.54) is 12.3 Å². The molecule has 17 heavy (non-hydrogen) atoms. The van der Waals surface area contributed by atoms with Crippen LogP contribution in [0.25, 0.3) is 0 Å². The molecule has 1 N–H and O–H groups in total. The Bertz CT molecular complexity index is 446. The van der Waals surface area contributed by atoms with Crippen LogP contribution in [-0.2, 0) is 9.84 Å². The quantitative estimate of drug-likeness (QED) is 0.735. The average Bonchev–Trinajstić information content (AvgIpc) is 2.28. The summed E-state index contributed by atoms with van der Waals surface area (Å²) in [6.45, 7) is 4.08. The SMILES string of the molecule is CCCNCCOc1ncccc1S(C)(=O)=O. The normalized spacial score (nSPS) is 11.4. The van der Waals surface area contributed by atoms with Gasteiger partial charge in [-0.15, -0.1) is 0 Å². The second-order valence-electron chi connectivity index (χ2n) is 3.68. The number of hydrogen-bond donors (Lipinski definition) is 1. The average molecular weight is 258 g/mol. The Labute approximate surface area is 102 Å². The van der Waals surface area contributed by atoms with Crippen LogP contribution in [0, 0.1) is 0 Å². The van der Waals surface area contributed by atoms with Crippen LogP contribution >= 0.6 is 0 Å². The van der Waals surface area contributed by atoms with Crippen LogP contribution in [0.5, 0.6) is 5.88 Å². The standard InChI is InChI=1S/C11H18N2O3S/c1-3-6-12-8-9-16-11-10(17(2,14)15)5-4-7-13-11/h4-5,7,12H,3,6,8-9H2,1-2H3. The molecule has 0 saturated carbocycles. The van der Waals surface area contributed by atoms with Crippen molar-refractivity contribution in [3.63, 3.8) is 0 Å². The van der Waals surface area contributed by atoms with E-state index in [4.69, 9.17) is 4.74 Å². The zero-order valence-electron chi connectivity index (χ0n) is 10.1. The molecule has 0 aliphatic rings. The lowest BCUT2D eigenvalue weighted by Gasteiger charge is -2.09. The zero-order chi connectivity index (χ0) is 12.7. The molecule has 5 nitrogen and oxygen atoms in total. The number of sulfone groups is 1. The lowest BCUT2D eigenvalue weighted by molar-refractivity contribution is 0.294. The minimum atomic E-state index is -3.29. The van der Waals surface area contributed by atoms with Crippen LogP contribution in [-0.4, -0.2) is 39.4 Å². The van der Waals surface area contributed by atoms with E-state index in [2.05, 4.69) is 17.2 Å². The topological polar surface area (TPSA) is 68.3 Å². The van der Waals surface area contributed by atoms with E-state index in [-0.39, 0.29) is 10.8 Å². The minimum Gasteiger partial charge on any atom is -0.475 e. The predicted octanol–water partition coefficient (Wildman–Crippen LogP) is 0.863. The van der Waals surface area contributed by atoms with Gasteiger partial charge in [-0.2, -0.15) is 0 Å². The van der Waals surface area contributed by atoms with E-state index < -0.39 is 9.84 Å². The highest BCUT2D eigenvalue weighted by Gasteiger charge is 2.14. The summed E-state index contributed by atoms with van der Waals surface area (Å²) in [4.78, 5) is 4.07. The molecule has 0 aromatic carbocycles. The lowest BCUT2D eigenvalue weighted by atomic mass is 10.5. The number of hydrogen-bond acceptors (Lipinski definition) is 5. The van der Waals surface area contributed by atoms with Crippen LogP contribution in [0.2, 0.25) is 0 Å². The summed E-state index contributed by atoms with van der Waals surface area (Å²) in [6.07, 6.45) is 3.72. The molecule has 0 bridgehead atoms. The first kappa shape index (κ1) is 13.9. The molecule has 1 aromatic rings. The highest BCUT2D eigenvalue weighted by atomic mass is 32.2. The van der Waals surface area contributed by atoms with E-state index >= 15 is 0 Å². The zero-order valence-corrected chi connectivity index (χ0v) is 11.0. The monoisotopic (exact) mass is 258 g/mol. The summed E-state index contributed by atoms with van der Waals surface area (Å²) in [5.74, 6) is 0.174. The van der Waals surface area contributed by atoms with E-state index in [0.29, 0.717) is 13.2 Å². The van der Waals surface area contributed by atoms with E-state index in [0.717, 1.165) is 19.2 Å². The molecular formula is C11H18N2O3S. The van der Waals surface area contributed by atoms with Crippen molar-refractivity contribution in [1.29, 1.82) is 0 Å². The number of nitrogens with zero attached hydrogens (tertiary/aromatic N) is 1. The van der Waals surface area contributed by atoms with Crippen molar-refractivity contribution in [3.05, 3.63) is 18.3 Å². The summed E-state index contributed by atoms with van der Waals surface area (Å²) in [5, 5.41) is 3.16.